The maximum atomic E-state index is 5.58. The van der Waals surface area contributed by atoms with E-state index in [9.17, 15) is 0 Å². The molecule has 160 valence electrons. The molecule has 8 heteroatoms. The molecule has 30 heavy (non-hydrogen) atoms. The summed E-state index contributed by atoms with van der Waals surface area (Å²) in [6.07, 6.45) is 1.66. The normalized spacial score (nSPS) is 10.8. The van der Waals surface area contributed by atoms with E-state index in [1.54, 1.807) is 20.5 Å². The molecule has 0 amide bonds. The van der Waals surface area contributed by atoms with Crippen LogP contribution in [-0.4, -0.2) is 31.7 Å². The van der Waals surface area contributed by atoms with Gasteiger partial charge in [0.05, 0.1) is 33.0 Å². The average molecular weight is 522 g/mol. The summed E-state index contributed by atoms with van der Waals surface area (Å²) in [5.74, 6) is 2.79. The van der Waals surface area contributed by atoms with Crippen molar-refractivity contribution in [3.05, 3.63) is 66.1 Å². The lowest BCUT2D eigenvalue weighted by molar-refractivity contribution is 0.391. The van der Waals surface area contributed by atoms with Gasteiger partial charge < -0.3 is 24.5 Å². The van der Waals surface area contributed by atoms with Crippen molar-refractivity contribution in [2.24, 2.45) is 4.99 Å². The number of methoxy groups -OCH3 is 2. The highest BCUT2D eigenvalue weighted by atomic mass is 127. The van der Waals surface area contributed by atoms with E-state index in [1.165, 1.54) is 0 Å². The molecule has 0 atom stereocenters. The van der Waals surface area contributed by atoms with Gasteiger partial charge in [-0.05, 0) is 31.2 Å². The predicted molar refractivity (Wildman–Crippen MR) is 129 cm³/mol. The van der Waals surface area contributed by atoms with E-state index in [-0.39, 0.29) is 24.0 Å². The number of halogens is 1. The zero-order chi connectivity index (χ0) is 20.5. The van der Waals surface area contributed by atoms with Gasteiger partial charge in [-0.2, -0.15) is 0 Å². The van der Waals surface area contributed by atoms with Gasteiger partial charge in [-0.15, -0.1) is 24.0 Å². The second kappa shape index (κ2) is 12.1. The first-order valence-corrected chi connectivity index (χ1v) is 9.46. The zero-order valence-corrected chi connectivity index (χ0v) is 19.7. The number of guanidine groups is 1. The van der Waals surface area contributed by atoms with Crippen molar-refractivity contribution in [3.8, 4) is 23.0 Å². The minimum absolute atomic E-state index is 0. The fourth-order valence-corrected chi connectivity index (χ4v) is 2.76. The van der Waals surface area contributed by atoms with Gasteiger partial charge in [-0.25, -0.2) is 9.98 Å². The molecule has 0 spiro atoms. The first kappa shape index (κ1) is 23.5. The summed E-state index contributed by atoms with van der Waals surface area (Å²) < 4.78 is 16.3. The Bertz CT molecular complexity index is 945. The fraction of sp³-hybridized carbons (Fsp3) is 0.273. The second-order valence-electron chi connectivity index (χ2n) is 6.24. The largest absolute Gasteiger partial charge is 0.497 e. The molecular weight excluding hydrogens is 495 g/mol. The van der Waals surface area contributed by atoms with Gasteiger partial charge in [0.25, 0.3) is 0 Å². The van der Waals surface area contributed by atoms with E-state index >= 15 is 0 Å². The Labute approximate surface area is 193 Å². The van der Waals surface area contributed by atoms with Crippen LogP contribution in [0.15, 0.2) is 64.2 Å². The summed E-state index contributed by atoms with van der Waals surface area (Å²) in [4.78, 5) is 9.17. The highest BCUT2D eigenvalue weighted by molar-refractivity contribution is 14.0. The topological polar surface area (TPSA) is 80.9 Å². The smallest absolute Gasteiger partial charge is 0.226 e. The SMILES string of the molecule is CCNC(=NCc1ccc(OC)cc1OC)NCc1coc(-c2ccccc2)n1.I. The van der Waals surface area contributed by atoms with Crippen molar-refractivity contribution >= 4 is 29.9 Å². The third kappa shape index (κ3) is 6.38. The van der Waals surface area contributed by atoms with Crippen LogP contribution in [0.4, 0.5) is 0 Å². The minimum Gasteiger partial charge on any atom is -0.497 e. The third-order valence-electron chi connectivity index (χ3n) is 4.26. The van der Waals surface area contributed by atoms with Gasteiger partial charge in [0, 0.05) is 23.7 Å². The van der Waals surface area contributed by atoms with Gasteiger partial charge in [0.15, 0.2) is 5.96 Å². The van der Waals surface area contributed by atoms with Gasteiger partial charge >= 0.3 is 0 Å². The van der Waals surface area contributed by atoms with Crippen molar-refractivity contribution in [3.63, 3.8) is 0 Å². The lowest BCUT2D eigenvalue weighted by atomic mass is 10.2. The molecule has 0 saturated heterocycles. The molecule has 1 heterocycles. The van der Waals surface area contributed by atoms with E-state index in [1.807, 2.05) is 55.5 Å². The Balaban J connectivity index is 0.00000320. The molecule has 0 aliphatic rings. The second-order valence-corrected chi connectivity index (χ2v) is 6.24. The van der Waals surface area contributed by atoms with Gasteiger partial charge in [0.2, 0.25) is 5.89 Å². The first-order valence-electron chi connectivity index (χ1n) is 9.46. The molecule has 3 aromatic rings. The monoisotopic (exact) mass is 522 g/mol. The van der Waals surface area contributed by atoms with Crippen LogP contribution in [0.1, 0.15) is 18.2 Å². The highest BCUT2D eigenvalue weighted by Gasteiger charge is 2.08. The van der Waals surface area contributed by atoms with Crippen LogP contribution >= 0.6 is 24.0 Å². The summed E-state index contributed by atoms with van der Waals surface area (Å²) in [5.41, 5.74) is 2.72. The molecule has 0 bridgehead atoms. The van der Waals surface area contributed by atoms with Crippen LogP contribution in [-0.2, 0) is 13.1 Å². The van der Waals surface area contributed by atoms with E-state index < -0.39 is 0 Å². The van der Waals surface area contributed by atoms with Crippen molar-refractivity contribution in [2.45, 2.75) is 20.0 Å². The Morgan fingerprint density at radius 2 is 1.87 bits per heavy atom. The summed E-state index contributed by atoms with van der Waals surface area (Å²) in [6, 6.07) is 15.5. The van der Waals surface area contributed by atoms with Crippen LogP contribution in [0, 0.1) is 0 Å². The average Bonchev–Trinajstić information content (AvgIpc) is 3.25. The number of hydrogen-bond acceptors (Lipinski definition) is 5. The molecule has 0 fully saturated rings. The predicted octanol–water partition coefficient (Wildman–Crippen LogP) is 4.23. The van der Waals surface area contributed by atoms with E-state index in [0.717, 1.165) is 34.9 Å². The molecule has 7 nitrogen and oxygen atoms in total. The molecule has 0 aliphatic heterocycles. The van der Waals surface area contributed by atoms with Gasteiger partial charge in [0.1, 0.15) is 17.8 Å². The quantitative estimate of drug-likeness (QED) is 0.262. The zero-order valence-electron chi connectivity index (χ0n) is 17.3. The summed E-state index contributed by atoms with van der Waals surface area (Å²) in [6.45, 7) is 3.74. The van der Waals surface area contributed by atoms with Crippen molar-refractivity contribution in [1.82, 2.24) is 15.6 Å². The summed E-state index contributed by atoms with van der Waals surface area (Å²) in [7, 11) is 3.27. The molecule has 1 aromatic heterocycles. The van der Waals surface area contributed by atoms with Crippen molar-refractivity contribution in [1.29, 1.82) is 0 Å². The van der Waals surface area contributed by atoms with Gasteiger partial charge in [-0.3, -0.25) is 0 Å². The number of benzene rings is 2. The molecule has 0 radical (unpaired) electrons. The molecule has 0 unspecified atom stereocenters. The molecule has 2 N–H and O–H groups in total. The Kier molecular flexibility index (Phi) is 9.46. The van der Waals surface area contributed by atoms with Crippen LogP contribution in [0.2, 0.25) is 0 Å². The third-order valence-corrected chi connectivity index (χ3v) is 4.26. The van der Waals surface area contributed by atoms with E-state index in [4.69, 9.17) is 13.9 Å². The van der Waals surface area contributed by atoms with Crippen molar-refractivity contribution < 1.29 is 13.9 Å². The molecule has 0 aliphatic carbocycles. The number of hydrogen-bond donors (Lipinski definition) is 2. The first-order chi connectivity index (χ1) is 14.2. The lowest BCUT2D eigenvalue weighted by Crippen LogP contribution is -2.36. The number of nitrogens with one attached hydrogen (secondary N) is 2. The van der Waals surface area contributed by atoms with Crippen LogP contribution in [0.5, 0.6) is 11.5 Å². The summed E-state index contributed by atoms with van der Waals surface area (Å²) >= 11 is 0. The van der Waals surface area contributed by atoms with Crippen LogP contribution < -0.4 is 20.1 Å². The number of nitrogens with zero attached hydrogens (tertiary/aromatic N) is 2. The number of ether oxygens (including phenoxy) is 2. The standard InChI is InChI=1S/C22H26N4O3.HI/c1-4-23-22(24-13-17-10-11-19(27-2)12-20(17)28-3)25-14-18-15-29-21(26-18)16-8-6-5-7-9-16;/h5-12,15H,4,13-14H2,1-3H3,(H2,23,24,25);1H. The Morgan fingerprint density at radius 3 is 2.57 bits per heavy atom. The Hall–Kier alpha value is -2.75. The maximum Gasteiger partial charge on any atom is 0.226 e. The number of rotatable bonds is 8. The summed E-state index contributed by atoms with van der Waals surface area (Å²) in [5, 5.41) is 6.52. The Morgan fingerprint density at radius 1 is 1.07 bits per heavy atom. The van der Waals surface area contributed by atoms with Crippen LogP contribution in [0.25, 0.3) is 11.5 Å². The molecular formula is C22H27IN4O3. The van der Waals surface area contributed by atoms with E-state index in [2.05, 4.69) is 20.6 Å². The molecule has 3 rings (SSSR count). The fourth-order valence-electron chi connectivity index (χ4n) is 2.76. The number of oxazole rings is 1. The molecule has 2 aromatic carbocycles. The van der Waals surface area contributed by atoms with Crippen LogP contribution in [0.3, 0.4) is 0 Å². The number of aromatic nitrogens is 1. The maximum absolute atomic E-state index is 5.58. The van der Waals surface area contributed by atoms with Gasteiger partial charge in [-0.1, -0.05) is 18.2 Å². The van der Waals surface area contributed by atoms with E-state index in [0.29, 0.717) is 24.9 Å². The lowest BCUT2D eigenvalue weighted by Gasteiger charge is -2.12. The highest BCUT2D eigenvalue weighted by Crippen LogP contribution is 2.25. The van der Waals surface area contributed by atoms with Crippen molar-refractivity contribution in [2.75, 3.05) is 20.8 Å². The molecule has 0 saturated carbocycles. The number of aliphatic imine (C=N–C) groups is 1. The minimum atomic E-state index is 0.